The van der Waals surface area contributed by atoms with E-state index in [4.69, 9.17) is 5.73 Å². The minimum absolute atomic E-state index is 0.253. The SMILES string of the molecule is CC1(C)C=CC(CCN)=C(c2ccccc2)C1. The third kappa shape index (κ3) is 2.86. The lowest BCUT2D eigenvalue weighted by atomic mass is 9.76. The van der Waals surface area contributed by atoms with Crippen LogP contribution in [-0.4, -0.2) is 6.54 Å². The molecule has 0 fully saturated rings. The Hall–Kier alpha value is -1.34. The molecule has 1 aromatic rings. The number of nitrogens with two attached hydrogens (primary N) is 1. The number of allylic oxidation sites excluding steroid dienone is 3. The van der Waals surface area contributed by atoms with Crippen LogP contribution in [0.25, 0.3) is 5.57 Å². The van der Waals surface area contributed by atoms with Gasteiger partial charge in [0.1, 0.15) is 0 Å². The quantitative estimate of drug-likeness (QED) is 0.835. The summed E-state index contributed by atoms with van der Waals surface area (Å²) in [6.07, 6.45) is 6.64. The summed E-state index contributed by atoms with van der Waals surface area (Å²) in [7, 11) is 0. The molecule has 0 amide bonds. The van der Waals surface area contributed by atoms with Crippen molar-refractivity contribution in [1.29, 1.82) is 0 Å². The fraction of sp³-hybridized carbons (Fsp3) is 0.375. The zero-order valence-corrected chi connectivity index (χ0v) is 10.7. The van der Waals surface area contributed by atoms with Gasteiger partial charge in [0.2, 0.25) is 0 Å². The van der Waals surface area contributed by atoms with Crippen molar-refractivity contribution >= 4 is 5.57 Å². The highest BCUT2D eigenvalue weighted by Gasteiger charge is 2.22. The maximum Gasteiger partial charge on any atom is -0.00366 e. The van der Waals surface area contributed by atoms with Gasteiger partial charge >= 0.3 is 0 Å². The second kappa shape index (κ2) is 4.89. The zero-order chi connectivity index (χ0) is 12.3. The maximum absolute atomic E-state index is 5.70. The number of benzene rings is 1. The summed E-state index contributed by atoms with van der Waals surface area (Å²) in [6, 6.07) is 10.7. The molecule has 1 nitrogen and oxygen atoms in total. The standard InChI is InChI=1S/C16H21N/c1-16(2)10-8-14(9-11-17)15(12-16)13-6-4-3-5-7-13/h3-8,10H,9,11-12,17H2,1-2H3. The lowest BCUT2D eigenvalue weighted by Gasteiger charge is -2.28. The predicted molar refractivity (Wildman–Crippen MR) is 74.6 cm³/mol. The number of rotatable bonds is 3. The van der Waals surface area contributed by atoms with Gasteiger partial charge in [-0.15, -0.1) is 0 Å². The molecule has 0 unspecified atom stereocenters. The van der Waals surface area contributed by atoms with E-state index in [1.165, 1.54) is 16.7 Å². The van der Waals surface area contributed by atoms with Crippen LogP contribution in [0.4, 0.5) is 0 Å². The molecular weight excluding hydrogens is 206 g/mol. The molecule has 0 atom stereocenters. The van der Waals surface area contributed by atoms with Crippen LogP contribution in [0.1, 0.15) is 32.3 Å². The van der Waals surface area contributed by atoms with Crippen LogP contribution in [-0.2, 0) is 0 Å². The van der Waals surface area contributed by atoms with E-state index >= 15 is 0 Å². The van der Waals surface area contributed by atoms with Gasteiger partial charge in [-0.3, -0.25) is 0 Å². The molecule has 0 aromatic heterocycles. The summed E-state index contributed by atoms with van der Waals surface area (Å²) < 4.78 is 0. The molecule has 1 aliphatic rings. The van der Waals surface area contributed by atoms with E-state index in [1.807, 2.05) is 0 Å². The zero-order valence-electron chi connectivity index (χ0n) is 10.7. The minimum atomic E-state index is 0.253. The molecular formula is C16H21N. The molecule has 17 heavy (non-hydrogen) atoms. The minimum Gasteiger partial charge on any atom is -0.330 e. The van der Waals surface area contributed by atoms with Gasteiger partial charge in [-0.25, -0.2) is 0 Å². The normalized spacial score (nSPS) is 18.5. The highest BCUT2D eigenvalue weighted by Crippen LogP contribution is 2.39. The van der Waals surface area contributed by atoms with Crippen molar-refractivity contribution in [3.05, 3.63) is 53.6 Å². The van der Waals surface area contributed by atoms with E-state index < -0.39 is 0 Å². The topological polar surface area (TPSA) is 26.0 Å². The number of hydrogen-bond acceptors (Lipinski definition) is 1. The molecule has 1 aromatic carbocycles. The van der Waals surface area contributed by atoms with Crippen molar-refractivity contribution in [3.8, 4) is 0 Å². The fourth-order valence-corrected chi connectivity index (χ4v) is 2.37. The number of hydrogen-bond donors (Lipinski definition) is 1. The molecule has 1 aliphatic carbocycles. The van der Waals surface area contributed by atoms with Crippen molar-refractivity contribution in [2.45, 2.75) is 26.7 Å². The Morgan fingerprint density at radius 1 is 1.18 bits per heavy atom. The van der Waals surface area contributed by atoms with E-state index in [1.54, 1.807) is 0 Å². The van der Waals surface area contributed by atoms with Gasteiger partial charge < -0.3 is 5.73 Å². The predicted octanol–water partition coefficient (Wildman–Crippen LogP) is 3.78. The Bertz CT molecular complexity index is 438. The van der Waals surface area contributed by atoms with Gasteiger partial charge in [0.15, 0.2) is 0 Å². The maximum atomic E-state index is 5.70. The van der Waals surface area contributed by atoms with Crippen molar-refractivity contribution < 1.29 is 0 Å². The van der Waals surface area contributed by atoms with Gasteiger partial charge in [-0.1, -0.05) is 56.3 Å². The molecule has 0 bridgehead atoms. The van der Waals surface area contributed by atoms with Gasteiger partial charge in [-0.05, 0) is 41.5 Å². The summed E-state index contributed by atoms with van der Waals surface area (Å²) in [5, 5.41) is 0. The second-order valence-electron chi connectivity index (χ2n) is 5.41. The summed E-state index contributed by atoms with van der Waals surface area (Å²) in [5.41, 5.74) is 10.2. The van der Waals surface area contributed by atoms with Crippen LogP contribution < -0.4 is 5.73 Å². The Labute approximate surface area is 104 Å². The first-order valence-electron chi connectivity index (χ1n) is 6.29. The van der Waals surface area contributed by atoms with Crippen LogP contribution in [0.2, 0.25) is 0 Å². The van der Waals surface area contributed by atoms with Crippen LogP contribution >= 0.6 is 0 Å². The lowest BCUT2D eigenvalue weighted by Crippen LogP contribution is -2.14. The molecule has 0 aliphatic heterocycles. The smallest absolute Gasteiger partial charge is 0.00366 e. The van der Waals surface area contributed by atoms with E-state index in [-0.39, 0.29) is 5.41 Å². The van der Waals surface area contributed by atoms with Crippen molar-refractivity contribution in [2.24, 2.45) is 11.1 Å². The first kappa shape index (κ1) is 12.1. The van der Waals surface area contributed by atoms with Gasteiger partial charge in [0, 0.05) is 0 Å². The lowest BCUT2D eigenvalue weighted by molar-refractivity contribution is 0.489. The molecule has 0 spiro atoms. The van der Waals surface area contributed by atoms with E-state index in [0.717, 1.165) is 19.4 Å². The summed E-state index contributed by atoms with van der Waals surface area (Å²) in [6.45, 7) is 5.29. The molecule has 2 N–H and O–H groups in total. The first-order chi connectivity index (χ1) is 8.12. The van der Waals surface area contributed by atoms with Crippen LogP contribution in [0.15, 0.2) is 48.1 Å². The van der Waals surface area contributed by atoms with Crippen LogP contribution in [0.3, 0.4) is 0 Å². The van der Waals surface area contributed by atoms with Crippen LogP contribution in [0, 0.1) is 5.41 Å². The van der Waals surface area contributed by atoms with E-state index in [0.29, 0.717) is 0 Å². The van der Waals surface area contributed by atoms with Crippen molar-refractivity contribution in [2.75, 3.05) is 6.54 Å². The third-order valence-electron chi connectivity index (χ3n) is 3.29. The first-order valence-corrected chi connectivity index (χ1v) is 6.29. The Balaban J connectivity index is 2.41. The molecule has 0 saturated carbocycles. The molecule has 1 heteroatoms. The molecule has 0 radical (unpaired) electrons. The largest absolute Gasteiger partial charge is 0.330 e. The van der Waals surface area contributed by atoms with E-state index in [9.17, 15) is 0 Å². The third-order valence-corrected chi connectivity index (χ3v) is 3.29. The molecule has 90 valence electrons. The van der Waals surface area contributed by atoms with Gasteiger partial charge in [0.25, 0.3) is 0 Å². The summed E-state index contributed by atoms with van der Waals surface area (Å²) in [4.78, 5) is 0. The van der Waals surface area contributed by atoms with E-state index in [2.05, 4.69) is 56.3 Å². The average Bonchev–Trinajstić information content (AvgIpc) is 2.32. The monoisotopic (exact) mass is 227 g/mol. The molecule has 0 heterocycles. The highest BCUT2D eigenvalue weighted by molar-refractivity contribution is 5.73. The Morgan fingerprint density at radius 2 is 1.88 bits per heavy atom. The van der Waals surface area contributed by atoms with Gasteiger partial charge in [0.05, 0.1) is 0 Å². The second-order valence-corrected chi connectivity index (χ2v) is 5.41. The Morgan fingerprint density at radius 3 is 2.53 bits per heavy atom. The van der Waals surface area contributed by atoms with Gasteiger partial charge in [-0.2, -0.15) is 0 Å². The summed E-state index contributed by atoms with van der Waals surface area (Å²) >= 11 is 0. The molecule has 0 saturated heterocycles. The van der Waals surface area contributed by atoms with Crippen LogP contribution in [0.5, 0.6) is 0 Å². The van der Waals surface area contributed by atoms with Crippen molar-refractivity contribution in [1.82, 2.24) is 0 Å². The molecule has 2 rings (SSSR count). The van der Waals surface area contributed by atoms with Crippen molar-refractivity contribution in [3.63, 3.8) is 0 Å². The highest BCUT2D eigenvalue weighted by atomic mass is 14.5. The average molecular weight is 227 g/mol. The fourth-order valence-electron chi connectivity index (χ4n) is 2.37. The summed E-state index contributed by atoms with van der Waals surface area (Å²) in [5.74, 6) is 0. The Kier molecular flexibility index (Phi) is 3.49.